The molecular weight excluding hydrogens is 540 g/mol. The Morgan fingerprint density at radius 2 is 1.76 bits per heavy atom. The molecule has 1 aliphatic heterocycles. The Balaban J connectivity index is 1.35. The molecule has 7 nitrogen and oxygen atoms in total. The zero-order valence-electron chi connectivity index (χ0n) is 19.2. The Bertz CT molecular complexity index is 1440. The summed E-state index contributed by atoms with van der Waals surface area (Å²) in [6.07, 6.45) is -3.47. The first-order valence-electron chi connectivity index (χ1n) is 11.0. The van der Waals surface area contributed by atoms with Crippen LogP contribution in [0.1, 0.15) is 16.9 Å². The Morgan fingerprint density at radius 3 is 2.38 bits per heavy atom. The van der Waals surface area contributed by atoms with Gasteiger partial charge in [0, 0.05) is 32.2 Å². The maximum Gasteiger partial charge on any atom is 0.416 e. The Labute approximate surface area is 214 Å². The van der Waals surface area contributed by atoms with Crippen LogP contribution < -0.4 is 10.2 Å². The topological polar surface area (TPSA) is 80.1 Å². The van der Waals surface area contributed by atoms with Crippen molar-refractivity contribution in [1.29, 1.82) is 0 Å². The first kappa shape index (κ1) is 27.1. The number of benzene rings is 2. The minimum atomic E-state index is -4.64. The van der Waals surface area contributed by atoms with E-state index in [-0.39, 0.29) is 32.0 Å². The fourth-order valence-corrected chi connectivity index (χ4v) is 5.73. The summed E-state index contributed by atoms with van der Waals surface area (Å²) in [5.74, 6) is -0.110. The van der Waals surface area contributed by atoms with E-state index < -0.39 is 42.9 Å². The van der Waals surface area contributed by atoms with E-state index in [1.807, 2.05) is 4.90 Å². The molecule has 198 valence electrons. The van der Waals surface area contributed by atoms with Gasteiger partial charge in [-0.1, -0.05) is 23.7 Å². The molecule has 4 rings (SSSR count). The zero-order chi connectivity index (χ0) is 26.8. The van der Waals surface area contributed by atoms with Crippen LogP contribution in [0.2, 0.25) is 5.02 Å². The minimum absolute atomic E-state index is 0.0126. The van der Waals surface area contributed by atoms with Gasteiger partial charge in [0.15, 0.2) is 0 Å². The number of hydrogen-bond donors (Lipinski definition) is 0. The van der Waals surface area contributed by atoms with Crippen LogP contribution >= 0.6 is 11.6 Å². The molecule has 1 saturated heterocycles. The second kappa shape index (κ2) is 10.8. The number of hydrogen-bond acceptors (Lipinski definition) is 6. The minimum Gasteiger partial charge on any atom is -0.482 e. The molecule has 2 heterocycles. The maximum atomic E-state index is 13.3. The summed E-state index contributed by atoms with van der Waals surface area (Å²) in [4.78, 5) is 13.9. The molecule has 1 aromatic heterocycles. The molecule has 0 spiro atoms. The monoisotopic (exact) mass is 560 g/mol. The van der Waals surface area contributed by atoms with E-state index in [2.05, 4.69) is 0 Å². The summed E-state index contributed by atoms with van der Waals surface area (Å²) in [7, 11) is -4.10. The average molecular weight is 561 g/mol. The molecule has 1 fully saturated rings. The second-order valence-corrected chi connectivity index (χ2v) is 10.6. The lowest BCUT2D eigenvalue weighted by Crippen LogP contribution is -2.48. The van der Waals surface area contributed by atoms with Gasteiger partial charge in [-0.3, -0.25) is 9.69 Å². The third-order valence-corrected chi connectivity index (χ3v) is 8.10. The van der Waals surface area contributed by atoms with Crippen molar-refractivity contribution in [2.75, 3.05) is 26.2 Å². The van der Waals surface area contributed by atoms with Crippen LogP contribution in [-0.4, -0.2) is 43.8 Å². The van der Waals surface area contributed by atoms with Gasteiger partial charge >= 0.3 is 6.18 Å². The number of halogens is 5. The van der Waals surface area contributed by atoms with Crippen LogP contribution in [0.4, 0.5) is 17.6 Å². The van der Waals surface area contributed by atoms with Gasteiger partial charge in [0.1, 0.15) is 29.3 Å². The van der Waals surface area contributed by atoms with Crippen molar-refractivity contribution in [2.45, 2.75) is 24.2 Å². The molecule has 0 saturated carbocycles. The van der Waals surface area contributed by atoms with Crippen molar-refractivity contribution in [3.63, 3.8) is 0 Å². The quantitative estimate of drug-likeness (QED) is 0.395. The van der Waals surface area contributed by atoms with Crippen LogP contribution in [0, 0.1) is 5.82 Å². The van der Waals surface area contributed by atoms with Gasteiger partial charge in [-0.15, -0.1) is 0 Å². The average Bonchev–Trinajstić information content (AvgIpc) is 2.83. The molecule has 0 bridgehead atoms. The molecule has 37 heavy (non-hydrogen) atoms. The highest BCUT2D eigenvalue weighted by atomic mass is 35.5. The molecule has 0 amide bonds. The van der Waals surface area contributed by atoms with E-state index in [0.29, 0.717) is 36.5 Å². The van der Waals surface area contributed by atoms with E-state index in [1.165, 1.54) is 30.5 Å². The molecule has 0 unspecified atom stereocenters. The van der Waals surface area contributed by atoms with Gasteiger partial charge in [0.05, 0.1) is 17.1 Å². The molecule has 0 radical (unpaired) electrons. The van der Waals surface area contributed by atoms with Crippen LogP contribution in [-0.2, 0) is 29.4 Å². The number of rotatable bonds is 7. The van der Waals surface area contributed by atoms with Gasteiger partial charge < -0.3 is 9.15 Å². The summed E-state index contributed by atoms with van der Waals surface area (Å²) < 4.78 is 89.8. The lowest BCUT2D eigenvalue weighted by atomic mass is 10.2. The molecule has 0 N–H and O–H groups in total. The third-order valence-electron chi connectivity index (χ3n) is 5.72. The maximum absolute atomic E-state index is 13.3. The highest BCUT2D eigenvalue weighted by Gasteiger charge is 2.34. The lowest BCUT2D eigenvalue weighted by Gasteiger charge is -2.33. The molecule has 13 heteroatoms. The van der Waals surface area contributed by atoms with Gasteiger partial charge in [0.25, 0.3) is 0 Å². The molecular formula is C24H21ClF4N2O5S. The summed E-state index contributed by atoms with van der Waals surface area (Å²) in [5.41, 5.74) is -0.905. The third kappa shape index (κ3) is 6.50. The van der Waals surface area contributed by atoms with E-state index in [9.17, 15) is 30.8 Å². The summed E-state index contributed by atoms with van der Waals surface area (Å²) >= 11 is 5.88. The normalized spacial score (nSPS) is 15.6. The van der Waals surface area contributed by atoms with E-state index in [1.54, 1.807) is 6.07 Å². The fourth-order valence-electron chi connectivity index (χ4n) is 3.79. The van der Waals surface area contributed by atoms with E-state index in [0.717, 1.165) is 10.4 Å². The highest BCUT2D eigenvalue weighted by molar-refractivity contribution is 7.89. The molecule has 1 aliphatic rings. The van der Waals surface area contributed by atoms with Crippen molar-refractivity contribution < 1.29 is 35.1 Å². The van der Waals surface area contributed by atoms with Gasteiger partial charge in [-0.05, 0) is 35.9 Å². The smallest absolute Gasteiger partial charge is 0.416 e. The first-order chi connectivity index (χ1) is 17.4. The van der Waals surface area contributed by atoms with Crippen molar-refractivity contribution in [1.82, 2.24) is 9.21 Å². The standard InChI is InChI=1S/C24H21ClF4N2O5S/c25-20-11-17(24(27,28)29)4-5-23(20)37(33,34)31-8-6-30(7-9-31)13-19-12-21(32)22(15-35-19)36-14-16-2-1-3-18(26)10-16/h1-5,10-12,15H,6-9,13-14H2. The van der Waals surface area contributed by atoms with Crippen molar-refractivity contribution in [3.8, 4) is 5.75 Å². The Morgan fingerprint density at radius 1 is 1.03 bits per heavy atom. The molecule has 0 aliphatic carbocycles. The Kier molecular flexibility index (Phi) is 7.93. The number of alkyl halides is 3. The number of piperazine rings is 1. The predicted molar refractivity (Wildman–Crippen MR) is 126 cm³/mol. The molecule has 0 atom stereocenters. The van der Waals surface area contributed by atoms with Crippen molar-refractivity contribution in [3.05, 3.63) is 92.7 Å². The van der Waals surface area contributed by atoms with E-state index in [4.69, 9.17) is 20.8 Å². The lowest BCUT2D eigenvalue weighted by molar-refractivity contribution is -0.137. The summed E-state index contributed by atoms with van der Waals surface area (Å²) in [6, 6.07) is 9.19. The predicted octanol–water partition coefficient (Wildman–Crippen LogP) is 4.54. The number of sulfonamides is 1. The van der Waals surface area contributed by atoms with Gasteiger partial charge in [-0.25, -0.2) is 12.8 Å². The molecule has 3 aromatic rings. The Hall–Kier alpha value is -2.93. The second-order valence-electron chi connectivity index (χ2n) is 8.32. The van der Waals surface area contributed by atoms with Gasteiger partial charge in [0.2, 0.25) is 21.2 Å². The van der Waals surface area contributed by atoms with Gasteiger partial charge in [-0.2, -0.15) is 17.5 Å². The SMILES string of the molecule is O=c1cc(CN2CCN(S(=O)(=O)c3ccc(C(F)(F)F)cc3Cl)CC2)occ1OCc1cccc(F)c1. The van der Waals surface area contributed by atoms with Crippen LogP contribution in [0.15, 0.2) is 68.9 Å². The van der Waals surface area contributed by atoms with Crippen LogP contribution in [0.5, 0.6) is 5.75 Å². The summed E-state index contributed by atoms with van der Waals surface area (Å²) in [5, 5.41) is -0.501. The zero-order valence-corrected chi connectivity index (χ0v) is 20.7. The number of ether oxygens (including phenoxy) is 1. The van der Waals surface area contributed by atoms with Crippen LogP contribution in [0.3, 0.4) is 0 Å². The first-order valence-corrected chi connectivity index (χ1v) is 12.8. The van der Waals surface area contributed by atoms with Crippen molar-refractivity contribution >= 4 is 21.6 Å². The van der Waals surface area contributed by atoms with Crippen LogP contribution in [0.25, 0.3) is 0 Å². The highest BCUT2D eigenvalue weighted by Crippen LogP contribution is 2.34. The largest absolute Gasteiger partial charge is 0.482 e. The summed E-state index contributed by atoms with van der Waals surface area (Å²) in [6.45, 7) is 0.936. The fraction of sp³-hybridized carbons (Fsp3) is 0.292. The van der Waals surface area contributed by atoms with Crippen molar-refractivity contribution in [2.24, 2.45) is 0 Å². The van der Waals surface area contributed by atoms with E-state index >= 15 is 0 Å². The molecule has 2 aromatic carbocycles. The number of nitrogens with zero attached hydrogens (tertiary/aromatic N) is 2.